The minimum atomic E-state index is 0.712. The van der Waals surface area contributed by atoms with Crippen molar-refractivity contribution in [1.82, 2.24) is 20.3 Å². The molecule has 1 N–H and O–H groups in total. The number of aromatic nitrogens is 3. The van der Waals surface area contributed by atoms with E-state index in [9.17, 15) is 0 Å². The SMILES string of the molecule is CCNC1CCCCC(Cc2cn(C)nn2)C1. The number of hydrogen-bond donors (Lipinski definition) is 1. The molecule has 1 saturated carbocycles. The van der Waals surface area contributed by atoms with Gasteiger partial charge in [-0.15, -0.1) is 5.10 Å². The lowest BCUT2D eigenvalue weighted by Gasteiger charge is -2.19. The highest BCUT2D eigenvalue weighted by Crippen LogP contribution is 2.25. The predicted molar refractivity (Wildman–Crippen MR) is 68.7 cm³/mol. The zero-order chi connectivity index (χ0) is 12.1. The van der Waals surface area contributed by atoms with Gasteiger partial charge in [0, 0.05) is 19.3 Å². The van der Waals surface area contributed by atoms with E-state index in [1.54, 1.807) is 4.68 Å². The molecule has 4 heteroatoms. The summed E-state index contributed by atoms with van der Waals surface area (Å²) in [6.45, 7) is 3.28. The molecular weight excluding hydrogens is 212 g/mol. The Hall–Kier alpha value is -0.900. The lowest BCUT2D eigenvalue weighted by molar-refractivity contribution is 0.387. The maximum Gasteiger partial charge on any atom is 0.0829 e. The van der Waals surface area contributed by atoms with Crippen molar-refractivity contribution in [2.75, 3.05) is 6.54 Å². The normalized spacial score (nSPS) is 25.8. The topological polar surface area (TPSA) is 42.7 Å². The first kappa shape index (κ1) is 12.6. The van der Waals surface area contributed by atoms with Crippen LogP contribution in [0.3, 0.4) is 0 Å². The van der Waals surface area contributed by atoms with Crippen LogP contribution in [0.1, 0.15) is 44.7 Å². The molecule has 2 atom stereocenters. The Kier molecular flexibility index (Phi) is 4.54. The number of rotatable bonds is 4. The van der Waals surface area contributed by atoms with Gasteiger partial charge in [0.05, 0.1) is 5.69 Å². The second-order valence-electron chi connectivity index (χ2n) is 5.23. The molecular formula is C13H24N4. The molecule has 1 aromatic rings. The van der Waals surface area contributed by atoms with Crippen LogP contribution in [0.4, 0.5) is 0 Å². The van der Waals surface area contributed by atoms with Gasteiger partial charge >= 0.3 is 0 Å². The van der Waals surface area contributed by atoms with Gasteiger partial charge in [0.25, 0.3) is 0 Å². The highest BCUT2D eigenvalue weighted by molar-refractivity contribution is 4.95. The number of aryl methyl sites for hydroxylation is 1. The average Bonchev–Trinajstić information content (AvgIpc) is 2.58. The van der Waals surface area contributed by atoms with Crippen LogP contribution in [0, 0.1) is 5.92 Å². The summed E-state index contributed by atoms with van der Waals surface area (Å²) in [5, 5.41) is 11.8. The molecule has 96 valence electrons. The van der Waals surface area contributed by atoms with Crippen molar-refractivity contribution >= 4 is 0 Å². The third kappa shape index (κ3) is 3.80. The Bertz CT molecular complexity index is 334. The van der Waals surface area contributed by atoms with Crippen molar-refractivity contribution in [2.45, 2.75) is 51.5 Å². The largest absolute Gasteiger partial charge is 0.314 e. The van der Waals surface area contributed by atoms with Gasteiger partial charge in [-0.3, -0.25) is 4.68 Å². The summed E-state index contributed by atoms with van der Waals surface area (Å²) in [4.78, 5) is 0. The standard InChI is InChI=1S/C13H24N4/c1-3-14-12-7-5-4-6-11(8-12)9-13-10-17(2)16-15-13/h10-12,14H,3-9H2,1-2H3. The van der Waals surface area contributed by atoms with Crippen molar-refractivity contribution in [2.24, 2.45) is 13.0 Å². The van der Waals surface area contributed by atoms with E-state index in [4.69, 9.17) is 0 Å². The quantitative estimate of drug-likeness (QED) is 0.812. The smallest absolute Gasteiger partial charge is 0.0829 e. The molecule has 1 aromatic heterocycles. The van der Waals surface area contributed by atoms with E-state index >= 15 is 0 Å². The fourth-order valence-electron chi connectivity index (χ4n) is 2.91. The fourth-order valence-corrected chi connectivity index (χ4v) is 2.91. The zero-order valence-corrected chi connectivity index (χ0v) is 11.0. The molecule has 0 spiro atoms. The van der Waals surface area contributed by atoms with E-state index < -0.39 is 0 Å². The van der Waals surface area contributed by atoms with Crippen molar-refractivity contribution in [3.05, 3.63) is 11.9 Å². The molecule has 1 aliphatic rings. The van der Waals surface area contributed by atoms with Gasteiger partial charge in [-0.25, -0.2) is 0 Å². The van der Waals surface area contributed by atoms with Crippen molar-refractivity contribution in [3.8, 4) is 0 Å². The van der Waals surface area contributed by atoms with Crippen molar-refractivity contribution in [3.63, 3.8) is 0 Å². The Morgan fingerprint density at radius 3 is 2.94 bits per heavy atom. The first-order valence-corrected chi connectivity index (χ1v) is 6.86. The molecule has 1 heterocycles. The van der Waals surface area contributed by atoms with E-state index in [1.165, 1.54) is 32.1 Å². The van der Waals surface area contributed by atoms with Crippen LogP contribution in [0.2, 0.25) is 0 Å². The van der Waals surface area contributed by atoms with Crippen LogP contribution < -0.4 is 5.32 Å². The summed E-state index contributed by atoms with van der Waals surface area (Å²) in [6, 6.07) is 0.712. The van der Waals surface area contributed by atoms with Crippen LogP contribution >= 0.6 is 0 Å². The van der Waals surface area contributed by atoms with E-state index in [-0.39, 0.29) is 0 Å². The monoisotopic (exact) mass is 236 g/mol. The van der Waals surface area contributed by atoms with Gasteiger partial charge in [-0.05, 0) is 31.7 Å². The molecule has 1 fully saturated rings. The first-order chi connectivity index (χ1) is 8.28. The van der Waals surface area contributed by atoms with Gasteiger partial charge in [0.2, 0.25) is 0 Å². The zero-order valence-electron chi connectivity index (χ0n) is 11.0. The summed E-state index contributed by atoms with van der Waals surface area (Å²) in [6.07, 6.45) is 9.86. The molecule has 0 saturated heterocycles. The molecule has 2 rings (SSSR count). The van der Waals surface area contributed by atoms with E-state index in [0.717, 1.165) is 24.6 Å². The second kappa shape index (κ2) is 6.15. The maximum atomic E-state index is 4.20. The minimum Gasteiger partial charge on any atom is -0.314 e. The van der Waals surface area contributed by atoms with Crippen LogP contribution in [-0.4, -0.2) is 27.6 Å². The predicted octanol–water partition coefficient (Wildman–Crippen LogP) is 1.92. The van der Waals surface area contributed by atoms with E-state index in [2.05, 4.69) is 22.6 Å². The van der Waals surface area contributed by atoms with Crippen LogP contribution in [0.25, 0.3) is 0 Å². The highest BCUT2D eigenvalue weighted by Gasteiger charge is 2.20. The molecule has 17 heavy (non-hydrogen) atoms. The molecule has 4 nitrogen and oxygen atoms in total. The second-order valence-corrected chi connectivity index (χ2v) is 5.23. The molecule has 0 amide bonds. The fraction of sp³-hybridized carbons (Fsp3) is 0.846. The van der Waals surface area contributed by atoms with E-state index in [1.807, 2.05) is 13.2 Å². The number of hydrogen-bond acceptors (Lipinski definition) is 3. The van der Waals surface area contributed by atoms with Crippen LogP contribution in [0.15, 0.2) is 6.20 Å². The summed E-state index contributed by atoms with van der Waals surface area (Å²) in [5.74, 6) is 0.776. The summed E-state index contributed by atoms with van der Waals surface area (Å²) >= 11 is 0. The molecule has 0 radical (unpaired) electrons. The Morgan fingerprint density at radius 1 is 1.41 bits per heavy atom. The third-order valence-electron chi connectivity index (χ3n) is 3.67. The average molecular weight is 236 g/mol. The third-order valence-corrected chi connectivity index (χ3v) is 3.67. The Labute approximate surface area is 104 Å². The molecule has 1 aliphatic carbocycles. The summed E-state index contributed by atoms with van der Waals surface area (Å²) in [7, 11) is 1.94. The van der Waals surface area contributed by atoms with Crippen molar-refractivity contribution < 1.29 is 0 Å². The number of nitrogens with one attached hydrogen (secondary N) is 1. The van der Waals surface area contributed by atoms with Crippen LogP contribution in [-0.2, 0) is 13.5 Å². The van der Waals surface area contributed by atoms with Gasteiger partial charge in [0.15, 0.2) is 0 Å². The minimum absolute atomic E-state index is 0.712. The van der Waals surface area contributed by atoms with Crippen LogP contribution in [0.5, 0.6) is 0 Å². The first-order valence-electron chi connectivity index (χ1n) is 6.86. The highest BCUT2D eigenvalue weighted by atomic mass is 15.4. The van der Waals surface area contributed by atoms with Gasteiger partial charge in [-0.1, -0.05) is 31.4 Å². The molecule has 0 aliphatic heterocycles. The van der Waals surface area contributed by atoms with Gasteiger partial charge < -0.3 is 5.32 Å². The van der Waals surface area contributed by atoms with Gasteiger partial charge in [0.1, 0.15) is 0 Å². The molecule has 0 aromatic carbocycles. The Morgan fingerprint density at radius 2 is 2.24 bits per heavy atom. The lowest BCUT2D eigenvalue weighted by Crippen LogP contribution is -2.30. The van der Waals surface area contributed by atoms with Gasteiger partial charge in [-0.2, -0.15) is 0 Å². The maximum absolute atomic E-state index is 4.20. The number of nitrogens with zero attached hydrogens (tertiary/aromatic N) is 3. The summed E-state index contributed by atoms with van der Waals surface area (Å²) < 4.78 is 1.80. The Balaban J connectivity index is 1.90. The lowest BCUT2D eigenvalue weighted by atomic mass is 9.93. The van der Waals surface area contributed by atoms with Crippen molar-refractivity contribution in [1.29, 1.82) is 0 Å². The van der Waals surface area contributed by atoms with E-state index in [0.29, 0.717) is 6.04 Å². The molecule has 0 bridgehead atoms. The summed E-state index contributed by atoms with van der Waals surface area (Å²) in [5.41, 5.74) is 1.15. The molecule has 2 unspecified atom stereocenters.